The van der Waals surface area contributed by atoms with E-state index in [2.05, 4.69) is 10.3 Å². The first-order valence-corrected chi connectivity index (χ1v) is 7.04. The van der Waals surface area contributed by atoms with Crippen LogP contribution in [0, 0.1) is 5.92 Å². The molecule has 2 heterocycles. The first-order valence-electron chi connectivity index (χ1n) is 6.16. The largest absolute Gasteiger partial charge is 0.457 e. The molecule has 1 aromatic rings. The van der Waals surface area contributed by atoms with Crippen molar-refractivity contribution < 1.29 is 9.53 Å². The molecule has 0 spiro atoms. The van der Waals surface area contributed by atoms with E-state index in [1.165, 1.54) is 11.8 Å². The molecule has 0 radical (unpaired) electrons. The van der Waals surface area contributed by atoms with E-state index in [9.17, 15) is 4.79 Å². The van der Waals surface area contributed by atoms with Crippen LogP contribution in [-0.2, 0) is 16.1 Å². The maximum absolute atomic E-state index is 12.0. The zero-order valence-electron chi connectivity index (χ0n) is 10.3. The number of benzene rings is 1. The molecule has 1 aromatic carbocycles. The van der Waals surface area contributed by atoms with Gasteiger partial charge in [0.2, 0.25) is 0 Å². The topological polar surface area (TPSA) is 50.7 Å². The number of ether oxygens (including phenoxy) is 1. The number of carbonyl (C=O) groups is 1. The summed E-state index contributed by atoms with van der Waals surface area (Å²) in [5, 5.41) is 3.46. The highest BCUT2D eigenvalue weighted by Crippen LogP contribution is 2.36. The van der Waals surface area contributed by atoms with E-state index in [0.29, 0.717) is 18.2 Å². The molecular weight excluding hydrogens is 260 g/mol. The lowest BCUT2D eigenvalue weighted by molar-refractivity contribution is -0.139. The molecule has 0 fully saturated rings. The Hall–Kier alpha value is -1.59. The Kier molecular flexibility index (Phi) is 3.66. The second-order valence-corrected chi connectivity index (χ2v) is 5.59. The molecule has 0 saturated carbocycles. The van der Waals surface area contributed by atoms with Gasteiger partial charge in [-0.15, -0.1) is 0 Å². The standard InChI is InChI=1S/C14H14N2O2S/c17-14(18-8-10-4-2-1-3-5-10)12-6-11-7-15-9-16-13(11)19-12/h1-7,11,13,16H,8-9H2. The van der Waals surface area contributed by atoms with Gasteiger partial charge in [-0.3, -0.25) is 10.3 Å². The molecule has 5 heteroatoms. The van der Waals surface area contributed by atoms with Crippen LogP contribution in [0.4, 0.5) is 0 Å². The molecule has 0 saturated heterocycles. The summed E-state index contributed by atoms with van der Waals surface area (Å²) in [5.74, 6) is -0.0588. The number of carbonyl (C=O) groups excluding carboxylic acids is 1. The summed E-state index contributed by atoms with van der Waals surface area (Å²) >= 11 is 1.52. The lowest BCUT2D eigenvalue weighted by atomic mass is 10.1. The quantitative estimate of drug-likeness (QED) is 0.856. The predicted octanol–water partition coefficient (Wildman–Crippen LogP) is 1.93. The maximum Gasteiger partial charge on any atom is 0.344 e. The molecule has 3 rings (SSSR count). The van der Waals surface area contributed by atoms with Gasteiger partial charge in [0.25, 0.3) is 0 Å². The molecule has 2 unspecified atom stereocenters. The first kappa shape index (κ1) is 12.4. The van der Waals surface area contributed by atoms with Crippen molar-refractivity contribution in [2.45, 2.75) is 12.0 Å². The number of nitrogens with zero attached hydrogens (tertiary/aromatic N) is 1. The summed E-state index contributed by atoms with van der Waals surface area (Å²) in [5.41, 5.74) is 0.997. The number of thioether (sulfide) groups is 1. The summed E-state index contributed by atoms with van der Waals surface area (Å²) in [6.45, 7) is 0.933. The fourth-order valence-corrected chi connectivity index (χ4v) is 3.17. The van der Waals surface area contributed by atoms with Crippen molar-refractivity contribution in [3.63, 3.8) is 0 Å². The van der Waals surface area contributed by atoms with Crippen LogP contribution in [-0.4, -0.2) is 24.2 Å². The molecule has 98 valence electrons. The SMILES string of the molecule is O=C(OCc1ccccc1)C1=CC2C=NCNC2S1. The smallest absolute Gasteiger partial charge is 0.344 e. The molecule has 19 heavy (non-hydrogen) atoms. The van der Waals surface area contributed by atoms with E-state index in [1.807, 2.05) is 42.6 Å². The highest BCUT2D eigenvalue weighted by Gasteiger charge is 2.32. The molecule has 0 aromatic heterocycles. The maximum atomic E-state index is 12.0. The minimum Gasteiger partial charge on any atom is -0.457 e. The van der Waals surface area contributed by atoms with Gasteiger partial charge in [0.15, 0.2) is 0 Å². The third-order valence-corrected chi connectivity index (χ3v) is 4.31. The van der Waals surface area contributed by atoms with Crippen molar-refractivity contribution >= 4 is 23.9 Å². The van der Waals surface area contributed by atoms with Crippen molar-refractivity contribution in [2.75, 3.05) is 6.67 Å². The highest BCUT2D eigenvalue weighted by atomic mass is 32.2. The van der Waals surface area contributed by atoms with E-state index < -0.39 is 0 Å². The number of fused-ring (bicyclic) bond motifs is 1. The monoisotopic (exact) mass is 274 g/mol. The van der Waals surface area contributed by atoms with Gasteiger partial charge in [-0.25, -0.2) is 4.79 Å². The molecular formula is C14H14N2O2S. The van der Waals surface area contributed by atoms with Crippen LogP contribution in [0.1, 0.15) is 5.56 Å². The lowest BCUT2D eigenvalue weighted by Crippen LogP contribution is -2.35. The van der Waals surface area contributed by atoms with Gasteiger partial charge in [0, 0.05) is 12.1 Å². The van der Waals surface area contributed by atoms with Gasteiger partial charge in [0.1, 0.15) is 6.61 Å². The highest BCUT2D eigenvalue weighted by molar-refractivity contribution is 8.04. The van der Waals surface area contributed by atoms with E-state index >= 15 is 0 Å². The Balaban J connectivity index is 1.58. The number of hydrogen-bond donors (Lipinski definition) is 1. The number of aliphatic imine (C=N–C) groups is 1. The predicted molar refractivity (Wildman–Crippen MR) is 75.7 cm³/mol. The van der Waals surface area contributed by atoms with E-state index in [-0.39, 0.29) is 17.3 Å². The normalized spacial score (nSPS) is 24.7. The summed E-state index contributed by atoms with van der Waals surface area (Å²) in [6.07, 6.45) is 3.82. The van der Waals surface area contributed by atoms with Crippen LogP contribution in [0.3, 0.4) is 0 Å². The third-order valence-electron chi connectivity index (χ3n) is 3.02. The van der Waals surface area contributed by atoms with Gasteiger partial charge in [0.05, 0.1) is 16.9 Å². The van der Waals surface area contributed by atoms with E-state index in [1.54, 1.807) is 0 Å². The van der Waals surface area contributed by atoms with Crippen LogP contribution in [0.2, 0.25) is 0 Å². The summed E-state index contributed by atoms with van der Waals surface area (Å²) in [6, 6.07) is 9.69. The van der Waals surface area contributed by atoms with Crippen molar-refractivity contribution in [3.05, 3.63) is 46.9 Å². The molecule has 4 nitrogen and oxygen atoms in total. The van der Waals surface area contributed by atoms with Gasteiger partial charge in [-0.05, 0) is 5.56 Å². The van der Waals surface area contributed by atoms with Gasteiger partial charge < -0.3 is 4.74 Å². The fourth-order valence-electron chi connectivity index (χ4n) is 2.04. The Morgan fingerprint density at radius 1 is 1.42 bits per heavy atom. The zero-order valence-corrected chi connectivity index (χ0v) is 11.1. The molecule has 1 N–H and O–H groups in total. The Bertz CT molecular complexity index is 528. The second kappa shape index (κ2) is 5.59. The average Bonchev–Trinajstić information content (AvgIpc) is 2.90. The second-order valence-electron chi connectivity index (χ2n) is 4.40. The van der Waals surface area contributed by atoms with Crippen LogP contribution in [0.5, 0.6) is 0 Å². The summed E-state index contributed by atoms with van der Waals surface area (Å²) < 4.78 is 5.32. The zero-order chi connectivity index (χ0) is 13.1. The lowest BCUT2D eigenvalue weighted by Gasteiger charge is -2.19. The summed E-state index contributed by atoms with van der Waals surface area (Å²) in [7, 11) is 0. The Morgan fingerprint density at radius 2 is 2.26 bits per heavy atom. The van der Waals surface area contributed by atoms with Crippen LogP contribution >= 0.6 is 11.8 Å². The summed E-state index contributed by atoms with van der Waals surface area (Å²) in [4.78, 5) is 16.8. The number of hydrogen-bond acceptors (Lipinski definition) is 5. The number of esters is 1. The van der Waals surface area contributed by atoms with E-state index in [0.717, 1.165) is 5.56 Å². The minimum absolute atomic E-state index is 0.193. The number of nitrogens with one attached hydrogen (secondary N) is 1. The van der Waals surface area contributed by atoms with Gasteiger partial charge >= 0.3 is 5.97 Å². The minimum atomic E-state index is -0.251. The van der Waals surface area contributed by atoms with Crippen LogP contribution < -0.4 is 5.32 Å². The van der Waals surface area contributed by atoms with Crippen LogP contribution in [0.15, 0.2) is 46.3 Å². The molecule has 0 bridgehead atoms. The first-order chi connectivity index (χ1) is 9.33. The number of rotatable bonds is 3. The molecule has 2 atom stereocenters. The third kappa shape index (κ3) is 2.88. The van der Waals surface area contributed by atoms with Crippen molar-refractivity contribution in [1.82, 2.24) is 5.32 Å². The Morgan fingerprint density at radius 3 is 3.05 bits per heavy atom. The van der Waals surface area contributed by atoms with Crippen molar-refractivity contribution in [2.24, 2.45) is 10.9 Å². The van der Waals surface area contributed by atoms with E-state index in [4.69, 9.17) is 4.74 Å². The Labute approximate surface area is 115 Å². The van der Waals surface area contributed by atoms with Crippen LogP contribution in [0.25, 0.3) is 0 Å². The molecule has 2 aliphatic heterocycles. The average molecular weight is 274 g/mol. The van der Waals surface area contributed by atoms with Crippen molar-refractivity contribution in [1.29, 1.82) is 0 Å². The fraction of sp³-hybridized carbons (Fsp3) is 0.286. The van der Waals surface area contributed by atoms with Crippen molar-refractivity contribution in [3.8, 4) is 0 Å². The molecule has 0 amide bonds. The molecule has 2 aliphatic rings. The van der Waals surface area contributed by atoms with Gasteiger partial charge in [-0.2, -0.15) is 0 Å². The van der Waals surface area contributed by atoms with Gasteiger partial charge in [-0.1, -0.05) is 48.2 Å². The molecule has 0 aliphatic carbocycles.